The number of nitrogens with one attached hydrogen (secondary N) is 1. The molecule has 5 nitrogen and oxygen atoms in total. The molecule has 1 amide bonds. The molecule has 8 heteroatoms. The third-order valence-electron chi connectivity index (χ3n) is 3.75. The molecule has 1 aromatic heterocycles. The van der Waals surface area contributed by atoms with Crippen molar-refractivity contribution in [2.45, 2.75) is 19.0 Å². The number of rotatable bonds is 5. The highest BCUT2D eigenvalue weighted by Crippen LogP contribution is 2.25. The predicted molar refractivity (Wildman–Crippen MR) is 102 cm³/mol. The van der Waals surface area contributed by atoms with E-state index in [0.717, 1.165) is 11.3 Å². The molecule has 2 aromatic carbocycles. The first-order chi connectivity index (χ1) is 12.5. The summed E-state index contributed by atoms with van der Waals surface area (Å²) >= 11 is 7.32. The lowest BCUT2D eigenvalue weighted by Crippen LogP contribution is -2.15. The van der Waals surface area contributed by atoms with Crippen LogP contribution in [0.3, 0.4) is 0 Å². The standard InChI is InChI=1S/C18H16ClFN4OS/c1-11-15(19)4-3-5-16(11)21-17(25)10-26-18-23-22-12(2)24(18)14-8-6-13(20)7-9-14/h3-9H,10H2,1-2H3,(H,21,25). The van der Waals surface area contributed by atoms with Gasteiger partial charge < -0.3 is 5.32 Å². The van der Waals surface area contributed by atoms with E-state index in [-0.39, 0.29) is 17.5 Å². The molecule has 0 spiro atoms. The van der Waals surface area contributed by atoms with E-state index in [4.69, 9.17) is 11.6 Å². The smallest absolute Gasteiger partial charge is 0.234 e. The number of carbonyl (C=O) groups is 1. The quantitative estimate of drug-likeness (QED) is 0.655. The number of hydrogen-bond acceptors (Lipinski definition) is 4. The maximum Gasteiger partial charge on any atom is 0.234 e. The molecule has 0 unspecified atom stereocenters. The highest BCUT2D eigenvalue weighted by atomic mass is 35.5. The molecule has 0 aliphatic carbocycles. The molecular weight excluding hydrogens is 375 g/mol. The normalized spacial score (nSPS) is 10.8. The Kier molecular flexibility index (Phi) is 5.58. The number of carbonyl (C=O) groups excluding carboxylic acids is 1. The third-order valence-corrected chi connectivity index (χ3v) is 5.09. The summed E-state index contributed by atoms with van der Waals surface area (Å²) in [4.78, 5) is 12.3. The largest absolute Gasteiger partial charge is 0.325 e. The van der Waals surface area contributed by atoms with Crippen LogP contribution in [0.1, 0.15) is 11.4 Å². The fraction of sp³-hybridized carbons (Fsp3) is 0.167. The molecule has 0 bridgehead atoms. The zero-order chi connectivity index (χ0) is 18.7. The summed E-state index contributed by atoms with van der Waals surface area (Å²) in [5.41, 5.74) is 2.24. The van der Waals surface area contributed by atoms with Gasteiger partial charge in [-0.1, -0.05) is 29.4 Å². The van der Waals surface area contributed by atoms with Gasteiger partial charge in [0.1, 0.15) is 11.6 Å². The van der Waals surface area contributed by atoms with Gasteiger partial charge >= 0.3 is 0 Å². The molecule has 3 aromatic rings. The molecular formula is C18H16ClFN4OS. The lowest BCUT2D eigenvalue weighted by molar-refractivity contribution is -0.113. The zero-order valence-corrected chi connectivity index (χ0v) is 15.7. The van der Waals surface area contributed by atoms with Crippen LogP contribution in [0.15, 0.2) is 47.6 Å². The summed E-state index contributed by atoms with van der Waals surface area (Å²) in [5, 5.41) is 12.2. The third kappa shape index (κ3) is 4.05. The summed E-state index contributed by atoms with van der Waals surface area (Å²) < 4.78 is 14.9. The molecule has 26 heavy (non-hydrogen) atoms. The average Bonchev–Trinajstić information content (AvgIpc) is 2.99. The van der Waals surface area contributed by atoms with Gasteiger partial charge in [-0.2, -0.15) is 0 Å². The minimum absolute atomic E-state index is 0.158. The molecule has 1 heterocycles. The van der Waals surface area contributed by atoms with Crippen LogP contribution in [0.4, 0.5) is 10.1 Å². The van der Waals surface area contributed by atoms with Crippen molar-refractivity contribution in [3.8, 4) is 5.69 Å². The molecule has 0 aliphatic heterocycles. The fourth-order valence-electron chi connectivity index (χ4n) is 2.38. The minimum atomic E-state index is -0.315. The van der Waals surface area contributed by atoms with E-state index in [9.17, 15) is 9.18 Å². The number of halogens is 2. The second-order valence-corrected chi connectivity index (χ2v) is 6.94. The van der Waals surface area contributed by atoms with Crippen molar-refractivity contribution in [3.63, 3.8) is 0 Å². The van der Waals surface area contributed by atoms with Crippen LogP contribution in [0.2, 0.25) is 5.02 Å². The predicted octanol–water partition coefficient (Wildman–Crippen LogP) is 4.41. The Morgan fingerprint density at radius 3 is 2.65 bits per heavy atom. The number of benzene rings is 2. The van der Waals surface area contributed by atoms with Crippen LogP contribution in [-0.2, 0) is 4.79 Å². The van der Waals surface area contributed by atoms with Gasteiger partial charge in [-0.3, -0.25) is 9.36 Å². The Hall–Kier alpha value is -2.38. The SMILES string of the molecule is Cc1c(Cl)cccc1NC(=O)CSc1nnc(C)n1-c1ccc(F)cc1. The van der Waals surface area contributed by atoms with E-state index in [1.54, 1.807) is 41.8 Å². The van der Waals surface area contributed by atoms with E-state index < -0.39 is 0 Å². The summed E-state index contributed by atoms with van der Waals surface area (Å²) in [6.45, 7) is 3.65. The Labute approximate surface area is 159 Å². The van der Waals surface area contributed by atoms with Gasteiger partial charge in [-0.25, -0.2) is 4.39 Å². The maximum absolute atomic E-state index is 13.1. The Morgan fingerprint density at radius 2 is 1.92 bits per heavy atom. The highest BCUT2D eigenvalue weighted by molar-refractivity contribution is 7.99. The average molecular weight is 391 g/mol. The van der Waals surface area contributed by atoms with Crippen LogP contribution in [0.25, 0.3) is 5.69 Å². The van der Waals surface area contributed by atoms with Crippen LogP contribution < -0.4 is 5.32 Å². The monoisotopic (exact) mass is 390 g/mol. The minimum Gasteiger partial charge on any atom is -0.325 e. The second-order valence-electron chi connectivity index (χ2n) is 5.59. The van der Waals surface area contributed by atoms with Crippen LogP contribution in [0, 0.1) is 19.7 Å². The van der Waals surface area contributed by atoms with Gasteiger partial charge in [0.05, 0.1) is 5.75 Å². The summed E-state index contributed by atoms with van der Waals surface area (Å²) in [6.07, 6.45) is 0. The van der Waals surface area contributed by atoms with E-state index >= 15 is 0 Å². The zero-order valence-electron chi connectivity index (χ0n) is 14.2. The van der Waals surface area contributed by atoms with E-state index in [1.165, 1.54) is 23.9 Å². The molecule has 0 aliphatic rings. The van der Waals surface area contributed by atoms with Crippen molar-refractivity contribution in [3.05, 3.63) is 64.7 Å². The Morgan fingerprint density at radius 1 is 1.19 bits per heavy atom. The van der Waals surface area contributed by atoms with Crippen LogP contribution >= 0.6 is 23.4 Å². The van der Waals surface area contributed by atoms with Gasteiger partial charge in [0.2, 0.25) is 5.91 Å². The van der Waals surface area contributed by atoms with Crippen molar-refractivity contribution in [1.82, 2.24) is 14.8 Å². The number of anilines is 1. The lowest BCUT2D eigenvalue weighted by atomic mass is 10.2. The molecule has 0 radical (unpaired) electrons. The van der Waals surface area contributed by atoms with Crippen molar-refractivity contribution in [1.29, 1.82) is 0 Å². The first kappa shape index (κ1) is 18.4. The molecule has 0 atom stereocenters. The van der Waals surface area contributed by atoms with Gasteiger partial charge in [-0.15, -0.1) is 10.2 Å². The van der Waals surface area contributed by atoms with Gasteiger partial charge in [0, 0.05) is 16.4 Å². The van der Waals surface area contributed by atoms with Gasteiger partial charge in [0.25, 0.3) is 0 Å². The molecule has 0 fully saturated rings. The molecule has 0 saturated carbocycles. The van der Waals surface area contributed by atoms with E-state index in [1.807, 2.05) is 6.92 Å². The molecule has 0 saturated heterocycles. The van der Waals surface area contributed by atoms with Gasteiger partial charge in [-0.05, 0) is 55.8 Å². The summed E-state index contributed by atoms with van der Waals surface area (Å²) in [6, 6.07) is 11.4. The first-order valence-corrected chi connectivity index (χ1v) is 9.18. The summed E-state index contributed by atoms with van der Waals surface area (Å²) in [5.74, 6) is 0.326. The highest BCUT2D eigenvalue weighted by Gasteiger charge is 2.14. The Balaban J connectivity index is 1.71. The van der Waals surface area contributed by atoms with Crippen molar-refractivity contribution >= 4 is 35.0 Å². The maximum atomic E-state index is 13.1. The number of aromatic nitrogens is 3. The Bertz CT molecular complexity index is 943. The van der Waals surface area contributed by atoms with Gasteiger partial charge in [0.15, 0.2) is 5.16 Å². The summed E-state index contributed by atoms with van der Waals surface area (Å²) in [7, 11) is 0. The van der Waals surface area contributed by atoms with E-state index in [2.05, 4.69) is 15.5 Å². The topological polar surface area (TPSA) is 59.8 Å². The first-order valence-electron chi connectivity index (χ1n) is 7.81. The lowest BCUT2D eigenvalue weighted by Gasteiger charge is -2.10. The number of aryl methyl sites for hydroxylation is 1. The van der Waals surface area contributed by atoms with Crippen molar-refractivity contribution in [2.24, 2.45) is 0 Å². The number of amides is 1. The molecule has 134 valence electrons. The molecule has 3 rings (SSSR count). The number of thioether (sulfide) groups is 1. The van der Waals surface area contributed by atoms with Crippen molar-refractivity contribution in [2.75, 3.05) is 11.1 Å². The van der Waals surface area contributed by atoms with E-state index in [0.29, 0.717) is 21.7 Å². The van der Waals surface area contributed by atoms with Crippen molar-refractivity contribution < 1.29 is 9.18 Å². The number of nitrogens with zero attached hydrogens (tertiary/aromatic N) is 3. The number of hydrogen-bond donors (Lipinski definition) is 1. The second kappa shape index (κ2) is 7.88. The van der Waals surface area contributed by atoms with Crippen LogP contribution in [0.5, 0.6) is 0 Å². The molecule has 1 N–H and O–H groups in total. The fourth-order valence-corrected chi connectivity index (χ4v) is 3.36. The van der Waals surface area contributed by atoms with Crippen LogP contribution in [-0.4, -0.2) is 26.4 Å².